The molecular weight excluding hydrogens is 353 g/mol. The first-order chi connectivity index (χ1) is 10.2. The van der Waals surface area contributed by atoms with E-state index in [-0.39, 0.29) is 30.9 Å². The molecule has 3 aromatic rings. The molecule has 0 spiro atoms. The molecule has 0 radical (unpaired) electrons. The second-order valence-corrected chi connectivity index (χ2v) is 6.18. The average molecular weight is 372 g/mol. The molecule has 0 saturated carbocycles. The average Bonchev–Trinajstić information content (AvgIpc) is 2.88. The van der Waals surface area contributed by atoms with Crippen LogP contribution in [0.1, 0.15) is 17.4 Å². The monoisotopic (exact) mass is 371 g/mol. The van der Waals surface area contributed by atoms with Crippen molar-refractivity contribution in [1.82, 2.24) is 15.0 Å². The predicted molar refractivity (Wildman–Crippen MR) is 101 cm³/mol. The molecule has 0 aliphatic carbocycles. The summed E-state index contributed by atoms with van der Waals surface area (Å²) in [7, 11) is 0. The number of rotatable bonds is 5. The number of fused-ring (bicyclic) bond motifs is 1. The van der Waals surface area contributed by atoms with E-state index in [1.165, 1.54) is 10.4 Å². The third-order valence-corrected chi connectivity index (χ3v) is 4.25. The zero-order valence-corrected chi connectivity index (χ0v) is 15.0. The van der Waals surface area contributed by atoms with Crippen molar-refractivity contribution in [3.8, 4) is 0 Å². The Bertz CT molecular complexity index is 733. The number of hydrogen-bond acceptors (Lipinski definition) is 6. The van der Waals surface area contributed by atoms with Crippen molar-refractivity contribution in [3.05, 3.63) is 47.4 Å². The highest BCUT2D eigenvalue weighted by molar-refractivity contribution is 7.19. The molecular formula is C15H19Cl2N5S. The van der Waals surface area contributed by atoms with E-state index in [0.29, 0.717) is 0 Å². The second kappa shape index (κ2) is 8.98. The van der Waals surface area contributed by atoms with Gasteiger partial charge in [-0.15, -0.1) is 36.2 Å². The molecule has 23 heavy (non-hydrogen) atoms. The van der Waals surface area contributed by atoms with Crippen LogP contribution in [0.2, 0.25) is 0 Å². The van der Waals surface area contributed by atoms with Crippen molar-refractivity contribution in [2.75, 3.05) is 5.32 Å². The lowest BCUT2D eigenvalue weighted by molar-refractivity contribution is 0.747. The van der Waals surface area contributed by atoms with E-state index in [4.69, 9.17) is 5.73 Å². The number of anilines is 1. The number of halogens is 2. The van der Waals surface area contributed by atoms with Crippen LogP contribution in [0.5, 0.6) is 0 Å². The van der Waals surface area contributed by atoms with Crippen molar-refractivity contribution in [3.63, 3.8) is 0 Å². The molecule has 0 saturated heterocycles. The van der Waals surface area contributed by atoms with E-state index in [0.717, 1.165) is 29.0 Å². The first kappa shape index (κ1) is 19.6. The third-order valence-electron chi connectivity index (χ3n) is 3.09. The van der Waals surface area contributed by atoms with Crippen LogP contribution >= 0.6 is 36.2 Å². The minimum atomic E-state index is 0. The quantitative estimate of drug-likeness (QED) is 0.718. The summed E-state index contributed by atoms with van der Waals surface area (Å²) >= 11 is 1.71. The molecule has 1 atom stereocenters. The van der Waals surface area contributed by atoms with Gasteiger partial charge < -0.3 is 11.1 Å². The summed E-state index contributed by atoms with van der Waals surface area (Å²) in [6.07, 6.45) is 6.04. The van der Waals surface area contributed by atoms with E-state index in [9.17, 15) is 0 Å². The van der Waals surface area contributed by atoms with Gasteiger partial charge in [0.2, 0.25) is 0 Å². The molecule has 0 aliphatic heterocycles. The number of aromatic nitrogens is 3. The van der Waals surface area contributed by atoms with Gasteiger partial charge >= 0.3 is 0 Å². The molecule has 3 heterocycles. The van der Waals surface area contributed by atoms with Gasteiger partial charge in [-0.2, -0.15) is 0 Å². The maximum Gasteiger partial charge on any atom is 0.147 e. The summed E-state index contributed by atoms with van der Waals surface area (Å²) in [5.41, 5.74) is 8.01. The number of nitrogens with one attached hydrogen (secondary N) is 1. The van der Waals surface area contributed by atoms with Gasteiger partial charge in [-0.1, -0.05) is 0 Å². The number of pyridine rings is 1. The Labute approximate surface area is 151 Å². The zero-order valence-electron chi connectivity index (χ0n) is 12.6. The smallest absolute Gasteiger partial charge is 0.147 e. The Balaban J connectivity index is 0.00000132. The summed E-state index contributed by atoms with van der Waals surface area (Å²) in [5.74, 6) is 0.873. The maximum atomic E-state index is 5.87. The molecule has 0 bridgehead atoms. The van der Waals surface area contributed by atoms with Gasteiger partial charge in [0, 0.05) is 29.9 Å². The van der Waals surface area contributed by atoms with Gasteiger partial charge in [0.1, 0.15) is 12.1 Å². The highest BCUT2D eigenvalue weighted by Gasteiger charge is 2.09. The summed E-state index contributed by atoms with van der Waals surface area (Å²) in [4.78, 5) is 14.0. The molecule has 0 aromatic carbocycles. The Morgan fingerprint density at radius 2 is 1.96 bits per heavy atom. The van der Waals surface area contributed by atoms with E-state index >= 15 is 0 Å². The fraction of sp³-hybridized carbons (Fsp3) is 0.267. The van der Waals surface area contributed by atoms with Crippen LogP contribution in [0, 0.1) is 0 Å². The highest BCUT2D eigenvalue weighted by Crippen LogP contribution is 2.29. The van der Waals surface area contributed by atoms with Crippen LogP contribution in [0.3, 0.4) is 0 Å². The Morgan fingerprint density at radius 1 is 1.22 bits per heavy atom. The van der Waals surface area contributed by atoms with Gasteiger partial charge in [0.15, 0.2) is 0 Å². The molecule has 3 N–H and O–H groups in total. The van der Waals surface area contributed by atoms with Gasteiger partial charge in [-0.3, -0.25) is 4.98 Å². The minimum absolute atomic E-state index is 0. The van der Waals surface area contributed by atoms with E-state index < -0.39 is 0 Å². The largest absolute Gasteiger partial charge is 0.365 e. The SMILES string of the molecule is C[C@H](N)Cc1cc2ncnc(NCc3ccncc3)c2s1.Cl.Cl. The number of nitrogens with zero attached hydrogens (tertiary/aromatic N) is 3. The predicted octanol–water partition coefficient (Wildman–Crippen LogP) is 3.43. The first-order valence-electron chi connectivity index (χ1n) is 6.84. The topological polar surface area (TPSA) is 76.7 Å². The normalized spacial score (nSPS) is 11.4. The van der Waals surface area contributed by atoms with Crippen molar-refractivity contribution < 1.29 is 0 Å². The Morgan fingerprint density at radius 3 is 2.65 bits per heavy atom. The molecule has 0 aliphatic rings. The van der Waals surface area contributed by atoms with Crippen molar-refractivity contribution in [1.29, 1.82) is 0 Å². The Hall–Kier alpha value is -1.47. The molecule has 5 nitrogen and oxygen atoms in total. The number of nitrogens with two attached hydrogens (primary N) is 1. The molecule has 0 amide bonds. The molecule has 0 unspecified atom stereocenters. The summed E-state index contributed by atoms with van der Waals surface area (Å²) in [5, 5.41) is 3.37. The minimum Gasteiger partial charge on any atom is -0.365 e. The molecule has 124 valence electrons. The van der Waals surface area contributed by atoms with Crippen LogP contribution in [0.25, 0.3) is 10.2 Å². The molecule has 3 rings (SSSR count). The maximum absolute atomic E-state index is 5.87. The molecule has 8 heteroatoms. The summed E-state index contributed by atoms with van der Waals surface area (Å²) < 4.78 is 1.09. The van der Waals surface area contributed by atoms with Crippen molar-refractivity contribution in [2.45, 2.75) is 25.9 Å². The van der Waals surface area contributed by atoms with Gasteiger partial charge in [0.25, 0.3) is 0 Å². The van der Waals surface area contributed by atoms with Crippen LogP contribution in [-0.4, -0.2) is 21.0 Å². The summed E-state index contributed by atoms with van der Waals surface area (Å²) in [6.45, 7) is 2.73. The van der Waals surface area contributed by atoms with Crippen LogP contribution < -0.4 is 11.1 Å². The number of thiophene rings is 1. The fourth-order valence-corrected chi connectivity index (χ4v) is 3.35. The second-order valence-electron chi connectivity index (χ2n) is 5.04. The zero-order chi connectivity index (χ0) is 14.7. The highest BCUT2D eigenvalue weighted by atomic mass is 35.5. The lowest BCUT2D eigenvalue weighted by Crippen LogP contribution is -2.16. The lowest BCUT2D eigenvalue weighted by Gasteiger charge is -2.05. The lowest BCUT2D eigenvalue weighted by atomic mass is 10.2. The van der Waals surface area contributed by atoms with Crippen molar-refractivity contribution in [2.24, 2.45) is 5.73 Å². The first-order valence-corrected chi connectivity index (χ1v) is 7.66. The molecule has 0 fully saturated rings. The van der Waals surface area contributed by atoms with Crippen LogP contribution in [0.15, 0.2) is 36.9 Å². The Kier molecular flexibility index (Phi) is 7.64. The van der Waals surface area contributed by atoms with Gasteiger partial charge in [-0.25, -0.2) is 9.97 Å². The van der Waals surface area contributed by atoms with Crippen LogP contribution in [0.4, 0.5) is 5.82 Å². The van der Waals surface area contributed by atoms with Gasteiger partial charge in [-0.05, 0) is 37.1 Å². The molecule has 3 aromatic heterocycles. The summed E-state index contributed by atoms with van der Waals surface area (Å²) in [6, 6.07) is 6.23. The van der Waals surface area contributed by atoms with Crippen molar-refractivity contribution >= 4 is 52.2 Å². The number of hydrogen-bond donors (Lipinski definition) is 2. The van der Waals surface area contributed by atoms with E-state index in [1.807, 2.05) is 19.1 Å². The van der Waals surface area contributed by atoms with E-state index in [1.54, 1.807) is 30.1 Å². The van der Waals surface area contributed by atoms with E-state index in [2.05, 4.69) is 26.3 Å². The van der Waals surface area contributed by atoms with Gasteiger partial charge in [0.05, 0.1) is 10.2 Å². The van der Waals surface area contributed by atoms with Crippen LogP contribution in [-0.2, 0) is 13.0 Å². The standard InChI is InChI=1S/C15H17N5S.2ClH/c1-10(16)6-12-7-13-14(21-12)15(20-9-19-13)18-8-11-2-4-17-5-3-11;;/h2-5,7,9-10H,6,8,16H2,1H3,(H,18,19,20);2*1H/t10-;;/m0../s1. The fourth-order valence-electron chi connectivity index (χ4n) is 2.13. The third kappa shape index (κ3) is 5.00.